The molecule has 0 saturated carbocycles. The number of aromatic nitrogens is 6. The van der Waals surface area contributed by atoms with Crippen molar-refractivity contribution in [2.75, 3.05) is 10.6 Å². The molecule has 0 aliphatic heterocycles. The normalized spacial score (nSPS) is 11.6. The van der Waals surface area contributed by atoms with Crippen LogP contribution >= 0.6 is 22.7 Å². The third-order valence-corrected chi connectivity index (χ3v) is 6.25. The van der Waals surface area contributed by atoms with Crippen LogP contribution in [0.15, 0.2) is 53.6 Å². The van der Waals surface area contributed by atoms with Gasteiger partial charge in [0, 0.05) is 11.4 Å². The van der Waals surface area contributed by atoms with Crippen LogP contribution in [0.25, 0.3) is 31.5 Å². The molecule has 6 rings (SSSR count). The van der Waals surface area contributed by atoms with Gasteiger partial charge < -0.3 is 5.73 Å². The van der Waals surface area contributed by atoms with Crippen LogP contribution in [0.5, 0.6) is 0 Å². The number of hydrogen-bond donors (Lipinski definition) is 2. The van der Waals surface area contributed by atoms with Gasteiger partial charge in [0.05, 0.1) is 43.0 Å². The topological polar surface area (TPSA) is 110 Å². The van der Waals surface area contributed by atoms with E-state index in [1.54, 1.807) is 28.9 Å². The van der Waals surface area contributed by atoms with E-state index < -0.39 is 0 Å². The average Bonchev–Trinajstić information content (AvgIpc) is 3.47. The summed E-state index contributed by atoms with van der Waals surface area (Å²) in [6.45, 7) is 0. The lowest BCUT2D eigenvalue weighted by Crippen LogP contribution is -2.13. The van der Waals surface area contributed by atoms with Crippen molar-refractivity contribution in [2.24, 2.45) is 0 Å². The Morgan fingerprint density at radius 3 is 2.17 bits per heavy atom. The molecule has 4 aromatic heterocycles. The van der Waals surface area contributed by atoms with Gasteiger partial charge in [-0.1, -0.05) is 0 Å². The molecule has 0 amide bonds. The highest BCUT2D eigenvalue weighted by molar-refractivity contribution is 7.17. The van der Waals surface area contributed by atoms with Crippen LogP contribution in [-0.2, 0) is 0 Å². The number of nitrogens with zero attached hydrogens (tertiary/aromatic N) is 6. The number of nitrogens with one attached hydrogen (secondary N) is 1. The Labute approximate surface area is 171 Å². The van der Waals surface area contributed by atoms with E-state index in [0.29, 0.717) is 11.5 Å². The lowest BCUT2D eigenvalue weighted by Gasteiger charge is -2.25. The number of thiazole rings is 2. The van der Waals surface area contributed by atoms with E-state index in [0.717, 1.165) is 37.2 Å². The van der Waals surface area contributed by atoms with Crippen LogP contribution in [0.3, 0.4) is 0 Å². The molecule has 0 bridgehead atoms. The van der Waals surface area contributed by atoms with Crippen LogP contribution in [0.4, 0.5) is 23.1 Å². The number of rotatable bonds is 3. The first-order valence-corrected chi connectivity index (χ1v) is 10.5. The van der Waals surface area contributed by atoms with E-state index in [-0.39, 0.29) is 5.95 Å². The van der Waals surface area contributed by atoms with Gasteiger partial charge in [-0.15, -0.1) is 22.7 Å². The van der Waals surface area contributed by atoms with Crippen molar-refractivity contribution < 1.29 is 0 Å². The molecular weight excluding hydrogens is 404 g/mol. The van der Waals surface area contributed by atoms with Gasteiger partial charge in [0.2, 0.25) is 5.95 Å². The molecule has 10 heteroatoms. The van der Waals surface area contributed by atoms with Gasteiger partial charge in [0.15, 0.2) is 11.5 Å². The van der Waals surface area contributed by atoms with Gasteiger partial charge >= 0.3 is 0 Å². The summed E-state index contributed by atoms with van der Waals surface area (Å²) in [5.41, 5.74) is 14.1. The third kappa shape index (κ3) is 2.61. The molecule has 2 aromatic carbocycles. The maximum atomic E-state index is 6.01. The van der Waals surface area contributed by atoms with Crippen LogP contribution in [0, 0.1) is 0 Å². The first-order chi connectivity index (χ1) is 14.3. The highest BCUT2D eigenvalue weighted by Gasteiger charge is 2.20. The van der Waals surface area contributed by atoms with E-state index in [4.69, 9.17) is 5.73 Å². The van der Waals surface area contributed by atoms with Crippen LogP contribution < -0.4 is 10.6 Å². The Hall–Kier alpha value is -3.63. The molecule has 0 aliphatic carbocycles. The number of benzene rings is 2. The van der Waals surface area contributed by atoms with Crippen molar-refractivity contribution in [3.8, 4) is 0 Å². The molecule has 0 atom stereocenters. The fourth-order valence-corrected chi connectivity index (χ4v) is 4.79. The van der Waals surface area contributed by atoms with Crippen molar-refractivity contribution in [2.45, 2.75) is 0 Å². The third-order valence-electron chi connectivity index (χ3n) is 4.66. The summed E-state index contributed by atoms with van der Waals surface area (Å²) in [5.74, 6) is 0.841. The zero-order chi connectivity index (χ0) is 19.4. The molecular formula is C19H12N8S2. The number of fused-ring (bicyclic) bond motifs is 3. The molecule has 3 N–H and O–H groups in total. The summed E-state index contributed by atoms with van der Waals surface area (Å²) in [4.78, 5) is 19.7. The monoisotopic (exact) mass is 416 g/mol. The Kier molecular flexibility index (Phi) is 3.49. The predicted molar refractivity (Wildman–Crippen MR) is 117 cm³/mol. The van der Waals surface area contributed by atoms with E-state index in [2.05, 4.69) is 47.2 Å². The molecule has 0 spiro atoms. The number of aromatic amines is 1. The quantitative estimate of drug-likeness (QED) is 0.433. The summed E-state index contributed by atoms with van der Waals surface area (Å²) in [5, 5.41) is 7.80. The second-order valence-electron chi connectivity index (χ2n) is 6.38. The van der Waals surface area contributed by atoms with Gasteiger partial charge in [-0.25, -0.2) is 9.97 Å². The van der Waals surface area contributed by atoms with Crippen molar-refractivity contribution in [3.63, 3.8) is 0 Å². The number of anilines is 4. The summed E-state index contributed by atoms with van der Waals surface area (Å²) in [6, 6.07) is 12.3. The van der Waals surface area contributed by atoms with Crippen LogP contribution in [0.1, 0.15) is 0 Å². The molecule has 29 heavy (non-hydrogen) atoms. The SMILES string of the molecule is Nc1nc(N(c2ccc3ncsc3c2)c2ccc3ncsc3c2)c2cn[nH]c2n1. The van der Waals surface area contributed by atoms with Crippen molar-refractivity contribution in [1.82, 2.24) is 30.1 Å². The lowest BCUT2D eigenvalue weighted by atomic mass is 10.2. The predicted octanol–water partition coefficient (Wildman–Crippen LogP) is 4.62. The molecule has 0 saturated heterocycles. The van der Waals surface area contributed by atoms with Gasteiger partial charge in [-0.2, -0.15) is 15.1 Å². The zero-order valence-corrected chi connectivity index (χ0v) is 16.4. The number of nitrogens with two attached hydrogens (primary N) is 1. The Morgan fingerprint density at radius 1 is 0.862 bits per heavy atom. The minimum absolute atomic E-state index is 0.180. The van der Waals surface area contributed by atoms with Crippen LogP contribution in [0.2, 0.25) is 0 Å². The largest absolute Gasteiger partial charge is 0.368 e. The minimum atomic E-state index is 0.180. The zero-order valence-electron chi connectivity index (χ0n) is 14.8. The molecule has 0 radical (unpaired) electrons. The molecule has 8 nitrogen and oxygen atoms in total. The first-order valence-electron chi connectivity index (χ1n) is 8.69. The number of hydrogen-bond acceptors (Lipinski definition) is 9. The number of H-pyrrole nitrogens is 1. The smallest absolute Gasteiger partial charge is 0.224 e. The maximum absolute atomic E-state index is 6.01. The maximum Gasteiger partial charge on any atom is 0.224 e. The van der Waals surface area contributed by atoms with Crippen LogP contribution in [-0.4, -0.2) is 30.1 Å². The second kappa shape index (κ2) is 6.19. The van der Waals surface area contributed by atoms with Crippen molar-refractivity contribution in [1.29, 1.82) is 0 Å². The van der Waals surface area contributed by atoms with E-state index in [1.807, 2.05) is 35.3 Å². The summed E-state index contributed by atoms with van der Waals surface area (Å²) in [6.07, 6.45) is 1.72. The fraction of sp³-hybridized carbons (Fsp3) is 0. The Bertz CT molecular complexity index is 1420. The summed E-state index contributed by atoms with van der Waals surface area (Å²) in [7, 11) is 0. The van der Waals surface area contributed by atoms with Gasteiger partial charge in [-0.05, 0) is 36.4 Å². The Morgan fingerprint density at radius 2 is 1.52 bits per heavy atom. The van der Waals surface area contributed by atoms with E-state index >= 15 is 0 Å². The lowest BCUT2D eigenvalue weighted by molar-refractivity contribution is 1.09. The van der Waals surface area contributed by atoms with E-state index in [1.165, 1.54) is 0 Å². The second-order valence-corrected chi connectivity index (χ2v) is 8.15. The highest BCUT2D eigenvalue weighted by Crippen LogP contribution is 2.39. The number of nitrogen functional groups attached to an aromatic ring is 1. The highest BCUT2D eigenvalue weighted by atomic mass is 32.1. The summed E-state index contributed by atoms with van der Waals surface area (Å²) < 4.78 is 2.19. The summed E-state index contributed by atoms with van der Waals surface area (Å²) >= 11 is 3.20. The van der Waals surface area contributed by atoms with Gasteiger partial charge in [0.25, 0.3) is 0 Å². The van der Waals surface area contributed by atoms with Gasteiger partial charge in [-0.3, -0.25) is 10.00 Å². The average molecular weight is 416 g/mol. The van der Waals surface area contributed by atoms with Crippen molar-refractivity contribution >= 4 is 77.3 Å². The molecule has 140 valence electrons. The molecule has 6 aromatic rings. The van der Waals surface area contributed by atoms with Gasteiger partial charge in [0.1, 0.15) is 0 Å². The first kappa shape index (κ1) is 16.3. The Balaban J connectivity index is 1.65. The molecule has 4 heterocycles. The molecule has 0 aliphatic rings. The fourth-order valence-electron chi connectivity index (χ4n) is 3.37. The standard InChI is InChI=1S/C19H12N8S2/c20-19-24-17-12(7-23-26-17)18(25-19)27(10-1-3-13-15(5-10)28-8-21-13)11-2-4-14-16(6-11)29-9-22-14/h1-9H,(H3,20,23,24,25,26). The van der Waals surface area contributed by atoms with E-state index in [9.17, 15) is 0 Å². The van der Waals surface area contributed by atoms with Crippen molar-refractivity contribution in [3.05, 3.63) is 53.6 Å². The molecule has 0 unspecified atom stereocenters. The minimum Gasteiger partial charge on any atom is -0.368 e. The molecule has 0 fully saturated rings.